The molecule has 1 aromatic heterocycles. The Morgan fingerprint density at radius 3 is 2.11 bits per heavy atom. The first kappa shape index (κ1) is 11.9. The van der Waals surface area contributed by atoms with E-state index in [9.17, 15) is 0 Å². The summed E-state index contributed by atoms with van der Waals surface area (Å²) in [6.07, 6.45) is 0. The minimum atomic E-state index is 0. The number of para-hydroxylation sites is 1. The summed E-state index contributed by atoms with van der Waals surface area (Å²) < 4.78 is 1.86. The van der Waals surface area contributed by atoms with Crippen LogP contribution in [0, 0.1) is 0 Å². The van der Waals surface area contributed by atoms with Gasteiger partial charge >= 0.3 is 5.82 Å². The van der Waals surface area contributed by atoms with Crippen molar-refractivity contribution in [2.75, 3.05) is 0 Å². The highest BCUT2D eigenvalue weighted by atomic mass is 16.0. The van der Waals surface area contributed by atoms with Crippen molar-refractivity contribution in [3.8, 4) is 17.1 Å². The highest BCUT2D eigenvalue weighted by Crippen LogP contribution is 2.12. The van der Waals surface area contributed by atoms with Crippen molar-refractivity contribution in [2.45, 2.75) is 0 Å². The predicted octanol–water partition coefficient (Wildman–Crippen LogP) is 1.57. The van der Waals surface area contributed by atoms with Crippen LogP contribution in [0.15, 0.2) is 60.7 Å². The molecule has 0 saturated heterocycles. The van der Waals surface area contributed by atoms with Gasteiger partial charge in [0.1, 0.15) is 10.8 Å². The fourth-order valence-corrected chi connectivity index (χ4v) is 1.74. The molecule has 0 aliphatic carbocycles. The summed E-state index contributed by atoms with van der Waals surface area (Å²) >= 11 is 0. The molecule has 0 atom stereocenters. The lowest BCUT2D eigenvalue weighted by molar-refractivity contribution is -0.649. The number of aromatic nitrogens is 4. The molecule has 1 heterocycles. The van der Waals surface area contributed by atoms with Crippen LogP contribution < -0.4 is 4.68 Å². The van der Waals surface area contributed by atoms with E-state index in [4.69, 9.17) is 0 Å². The first-order chi connectivity index (χ1) is 8.45. The SMILES string of the molecule is [OH-].c1ccc(-c2nn[nH][n+]2-c2ccccc2)cc1. The number of H-pyrrole nitrogens is 1. The number of nitrogens with zero attached hydrogens (tertiary/aromatic N) is 3. The second kappa shape index (κ2) is 5.20. The molecule has 90 valence electrons. The molecule has 0 aliphatic heterocycles. The largest absolute Gasteiger partial charge is 0.870 e. The lowest BCUT2D eigenvalue weighted by atomic mass is 10.2. The number of rotatable bonds is 2. The van der Waals surface area contributed by atoms with Crippen LogP contribution in [0.4, 0.5) is 0 Å². The second-order valence-electron chi connectivity index (χ2n) is 3.66. The molecule has 0 spiro atoms. The molecule has 3 rings (SSSR count). The number of nitrogens with one attached hydrogen (secondary N) is 1. The minimum absolute atomic E-state index is 0. The maximum atomic E-state index is 4.12. The number of tetrazole rings is 1. The number of benzene rings is 2. The van der Waals surface area contributed by atoms with E-state index >= 15 is 0 Å². The molecular formula is C13H12N4O. The lowest BCUT2D eigenvalue weighted by Gasteiger charge is -1.97. The Morgan fingerprint density at radius 2 is 1.44 bits per heavy atom. The van der Waals surface area contributed by atoms with Gasteiger partial charge in [-0.15, -0.1) is 4.68 Å². The van der Waals surface area contributed by atoms with Gasteiger partial charge in [0.05, 0.1) is 5.56 Å². The van der Waals surface area contributed by atoms with Gasteiger partial charge in [0.25, 0.3) is 0 Å². The molecule has 0 radical (unpaired) electrons. The monoisotopic (exact) mass is 240 g/mol. The van der Waals surface area contributed by atoms with Gasteiger partial charge in [-0.3, -0.25) is 0 Å². The third-order valence-electron chi connectivity index (χ3n) is 2.55. The molecule has 0 aliphatic rings. The van der Waals surface area contributed by atoms with Crippen molar-refractivity contribution >= 4 is 0 Å². The average molecular weight is 240 g/mol. The van der Waals surface area contributed by atoms with E-state index in [0.717, 1.165) is 17.1 Å². The molecule has 3 aromatic rings. The van der Waals surface area contributed by atoms with Gasteiger partial charge in [-0.25, -0.2) is 0 Å². The highest BCUT2D eigenvalue weighted by molar-refractivity contribution is 5.51. The summed E-state index contributed by atoms with van der Waals surface area (Å²) in [5.41, 5.74) is 2.04. The second-order valence-corrected chi connectivity index (χ2v) is 3.66. The van der Waals surface area contributed by atoms with Crippen LogP contribution in [0.2, 0.25) is 0 Å². The van der Waals surface area contributed by atoms with Crippen molar-refractivity contribution in [2.24, 2.45) is 0 Å². The zero-order valence-corrected chi connectivity index (χ0v) is 9.56. The Bertz CT molecular complexity index is 553. The topological polar surface area (TPSA) is 75.4 Å². The van der Waals surface area contributed by atoms with Gasteiger partial charge in [0.2, 0.25) is 0 Å². The van der Waals surface area contributed by atoms with Crippen LogP contribution in [-0.4, -0.2) is 21.0 Å². The summed E-state index contributed by atoms with van der Waals surface area (Å²) in [6.45, 7) is 0. The normalized spacial score (nSPS) is 9.78. The molecule has 0 saturated carbocycles. The Morgan fingerprint density at radius 1 is 0.833 bits per heavy atom. The molecule has 2 N–H and O–H groups in total. The molecule has 0 bridgehead atoms. The quantitative estimate of drug-likeness (QED) is 0.691. The lowest BCUT2D eigenvalue weighted by Crippen LogP contribution is -2.34. The third-order valence-corrected chi connectivity index (χ3v) is 2.55. The van der Waals surface area contributed by atoms with Gasteiger partial charge in [-0.05, 0) is 24.3 Å². The van der Waals surface area contributed by atoms with E-state index in [2.05, 4.69) is 15.5 Å². The minimum Gasteiger partial charge on any atom is -0.870 e. The Hall–Kier alpha value is -2.53. The van der Waals surface area contributed by atoms with Gasteiger partial charge in [0, 0.05) is 0 Å². The zero-order valence-electron chi connectivity index (χ0n) is 9.56. The smallest absolute Gasteiger partial charge is 0.337 e. The number of hydrogen-bond donors (Lipinski definition) is 1. The summed E-state index contributed by atoms with van der Waals surface area (Å²) in [5.74, 6) is 0.803. The van der Waals surface area contributed by atoms with E-state index in [1.807, 2.05) is 65.3 Å². The first-order valence-electron chi connectivity index (χ1n) is 5.39. The highest BCUT2D eigenvalue weighted by Gasteiger charge is 2.17. The maximum absolute atomic E-state index is 4.12. The standard InChI is InChI=1S/C13H10N4.H2O/c1-3-7-11(8-4-1)13-14-15-16-17(13)12-9-5-2-6-10-12;/h1-10H;1H2. The van der Waals surface area contributed by atoms with Gasteiger partial charge in [-0.1, -0.05) is 41.6 Å². The van der Waals surface area contributed by atoms with Crippen LogP contribution in [-0.2, 0) is 0 Å². The summed E-state index contributed by atoms with van der Waals surface area (Å²) in [5, 5.41) is 10.9. The van der Waals surface area contributed by atoms with Crippen molar-refractivity contribution in [3.63, 3.8) is 0 Å². The predicted molar refractivity (Wildman–Crippen MR) is 65.3 cm³/mol. The van der Waals surface area contributed by atoms with Crippen LogP contribution >= 0.6 is 0 Å². The molecular weight excluding hydrogens is 228 g/mol. The molecule has 0 fully saturated rings. The summed E-state index contributed by atoms with van der Waals surface area (Å²) in [4.78, 5) is 0. The molecule has 5 nitrogen and oxygen atoms in total. The van der Waals surface area contributed by atoms with E-state index in [1.54, 1.807) is 0 Å². The van der Waals surface area contributed by atoms with Crippen molar-refractivity contribution in [3.05, 3.63) is 60.7 Å². The maximum Gasteiger partial charge on any atom is 0.337 e. The Labute approximate surface area is 104 Å². The Balaban J connectivity index is 0.00000120. The Kier molecular flexibility index (Phi) is 3.45. The average Bonchev–Trinajstić information content (AvgIpc) is 2.90. The van der Waals surface area contributed by atoms with E-state index in [-0.39, 0.29) is 5.48 Å². The van der Waals surface area contributed by atoms with Crippen molar-refractivity contribution < 1.29 is 10.2 Å². The van der Waals surface area contributed by atoms with Crippen LogP contribution in [0.25, 0.3) is 17.1 Å². The summed E-state index contributed by atoms with van der Waals surface area (Å²) in [7, 11) is 0. The molecule has 0 unspecified atom stereocenters. The number of aromatic amines is 1. The van der Waals surface area contributed by atoms with Gasteiger partial charge < -0.3 is 5.48 Å². The number of hydrogen-bond acceptors (Lipinski definition) is 3. The van der Waals surface area contributed by atoms with Crippen molar-refractivity contribution in [1.82, 2.24) is 15.5 Å². The summed E-state index contributed by atoms with van der Waals surface area (Å²) in [6, 6.07) is 19.9. The van der Waals surface area contributed by atoms with E-state index in [0.29, 0.717) is 0 Å². The molecule has 0 amide bonds. The fourth-order valence-electron chi connectivity index (χ4n) is 1.74. The van der Waals surface area contributed by atoms with Gasteiger partial charge in [0.15, 0.2) is 5.21 Å². The van der Waals surface area contributed by atoms with Crippen LogP contribution in [0.5, 0.6) is 0 Å². The first-order valence-corrected chi connectivity index (χ1v) is 5.39. The van der Waals surface area contributed by atoms with E-state index < -0.39 is 0 Å². The van der Waals surface area contributed by atoms with Gasteiger partial charge in [-0.2, -0.15) is 0 Å². The molecule has 5 heteroatoms. The third kappa shape index (κ3) is 2.11. The van der Waals surface area contributed by atoms with Crippen LogP contribution in [0.3, 0.4) is 0 Å². The fraction of sp³-hybridized carbons (Fsp3) is 0. The van der Waals surface area contributed by atoms with Crippen LogP contribution in [0.1, 0.15) is 0 Å². The van der Waals surface area contributed by atoms with Crippen molar-refractivity contribution in [1.29, 1.82) is 0 Å². The molecule has 2 aromatic carbocycles. The molecule has 18 heavy (non-hydrogen) atoms. The van der Waals surface area contributed by atoms with E-state index in [1.165, 1.54) is 0 Å². The zero-order chi connectivity index (χ0) is 11.5.